The minimum absolute atomic E-state index is 0.280. The molecule has 1 heterocycles. The van der Waals surface area contributed by atoms with E-state index in [1.54, 1.807) is 12.1 Å². The molecular weight excluding hydrogens is 322 g/mol. The van der Waals surface area contributed by atoms with Gasteiger partial charge >= 0.3 is 0 Å². The molecule has 0 radical (unpaired) electrons. The Morgan fingerprint density at radius 3 is 2.25 bits per heavy atom. The van der Waals surface area contributed by atoms with Crippen molar-refractivity contribution in [3.63, 3.8) is 0 Å². The van der Waals surface area contributed by atoms with E-state index >= 15 is 0 Å². The van der Waals surface area contributed by atoms with Gasteiger partial charge in [-0.2, -0.15) is 5.10 Å². The van der Waals surface area contributed by atoms with Gasteiger partial charge in [0, 0.05) is 37.7 Å². The lowest BCUT2D eigenvalue weighted by Gasteiger charge is -2.33. The second-order valence-electron chi connectivity index (χ2n) is 6.09. The Bertz CT molecular complexity index is 690. The molecule has 4 nitrogen and oxygen atoms in total. The molecule has 1 aliphatic rings. The standard InChI is InChI=1S/C19H22ClN3O/c1-15(17-4-8-19(24)9-5-17)21-23-12-10-22(11-13-23)14-16-2-6-18(20)7-3-16/h2-9,24H,10-14H2,1H3. The summed E-state index contributed by atoms with van der Waals surface area (Å²) >= 11 is 5.93. The first-order valence-electron chi connectivity index (χ1n) is 8.16. The third-order valence-corrected chi connectivity index (χ3v) is 4.50. The van der Waals surface area contributed by atoms with Crippen molar-refractivity contribution in [2.45, 2.75) is 13.5 Å². The molecule has 1 N–H and O–H groups in total. The Morgan fingerprint density at radius 2 is 1.62 bits per heavy atom. The Labute approximate surface area is 148 Å². The summed E-state index contributed by atoms with van der Waals surface area (Å²) in [6.07, 6.45) is 0. The van der Waals surface area contributed by atoms with Crippen LogP contribution in [0.15, 0.2) is 53.6 Å². The highest BCUT2D eigenvalue weighted by atomic mass is 35.5. The molecule has 3 rings (SSSR count). The third-order valence-electron chi connectivity index (χ3n) is 4.24. The first-order valence-corrected chi connectivity index (χ1v) is 8.54. The second kappa shape index (κ2) is 7.69. The van der Waals surface area contributed by atoms with E-state index in [0.29, 0.717) is 0 Å². The van der Waals surface area contributed by atoms with Gasteiger partial charge in [0.2, 0.25) is 0 Å². The molecule has 5 heteroatoms. The number of piperazine rings is 1. The first-order chi connectivity index (χ1) is 11.6. The molecule has 0 unspecified atom stereocenters. The van der Waals surface area contributed by atoms with E-state index in [2.05, 4.69) is 22.0 Å². The highest BCUT2D eigenvalue weighted by molar-refractivity contribution is 6.30. The summed E-state index contributed by atoms with van der Waals surface area (Å²) in [5.41, 5.74) is 3.30. The maximum Gasteiger partial charge on any atom is 0.115 e. The van der Waals surface area contributed by atoms with Gasteiger partial charge in [-0.3, -0.25) is 9.91 Å². The van der Waals surface area contributed by atoms with Gasteiger partial charge in [0.05, 0.1) is 5.71 Å². The minimum Gasteiger partial charge on any atom is -0.508 e. The Morgan fingerprint density at radius 1 is 1.00 bits per heavy atom. The molecule has 126 valence electrons. The van der Waals surface area contributed by atoms with Gasteiger partial charge in [0.25, 0.3) is 0 Å². The second-order valence-corrected chi connectivity index (χ2v) is 6.52. The summed E-state index contributed by atoms with van der Waals surface area (Å²) in [7, 11) is 0. The molecule has 24 heavy (non-hydrogen) atoms. The Balaban J connectivity index is 1.53. The zero-order chi connectivity index (χ0) is 16.9. The smallest absolute Gasteiger partial charge is 0.115 e. The van der Waals surface area contributed by atoms with Crippen molar-refractivity contribution in [2.24, 2.45) is 5.10 Å². The molecule has 0 atom stereocenters. The summed E-state index contributed by atoms with van der Waals surface area (Å²) in [6.45, 7) is 6.79. The number of rotatable bonds is 4. The van der Waals surface area contributed by atoms with Crippen LogP contribution in [0, 0.1) is 0 Å². The molecule has 0 aliphatic carbocycles. The number of halogens is 1. The lowest BCUT2D eigenvalue weighted by Crippen LogP contribution is -2.43. The predicted octanol–water partition coefficient (Wildman–Crippen LogP) is 3.59. The van der Waals surface area contributed by atoms with Crippen LogP contribution in [0.4, 0.5) is 0 Å². The molecular formula is C19H22ClN3O. The monoisotopic (exact) mass is 343 g/mol. The number of phenols is 1. The Kier molecular flexibility index (Phi) is 5.38. The van der Waals surface area contributed by atoms with Crippen molar-refractivity contribution >= 4 is 17.3 Å². The minimum atomic E-state index is 0.280. The fourth-order valence-corrected chi connectivity index (χ4v) is 2.94. The van der Waals surface area contributed by atoms with Crippen LogP contribution in [0.1, 0.15) is 18.1 Å². The number of aromatic hydroxyl groups is 1. The molecule has 2 aromatic carbocycles. The van der Waals surface area contributed by atoms with E-state index in [9.17, 15) is 5.11 Å². The Hall–Kier alpha value is -2.04. The van der Waals surface area contributed by atoms with Crippen LogP contribution in [0.25, 0.3) is 0 Å². The largest absolute Gasteiger partial charge is 0.508 e. The summed E-state index contributed by atoms with van der Waals surface area (Å²) in [4.78, 5) is 2.44. The average Bonchev–Trinajstić information content (AvgIpc) is 2.59. The summed E-state index contributed by atoms with van der Waals surface area (Å²) in [5, 5.41) is 17.0. The van der Waals surface area contributed by atoms with Crippen molar-refractivity contribution in [3.05, 3.63) is 64.7 Å². The summed E-state index contributed by atoms with van der Waals surface area (Å²) in [5.74, 6) is 0.280. The van der Waals surface area contributed by atoms with Gasteiger partial charge in [-0.15, -0.1) is 0 Å². The fraction of sp³-hybridized carbons (Fsp3) is 0.316. The van der Waals surface area contributed by atoms with Crippen LogP contribution in [0.3, 0.4) is 0 Å². The average molecular weight is 344 g/mol. The molecule has 0 spiro atoms. The normalized spacial score (nSPS) is 16.4. The van der Waals surface area contributed by atoms with Gasteiger partial charge in [-0.1, -0.05) is 23.7 Å². The quantitative estimate of drug-likeness (QED) is 0.862. The highest BCUT2D eigenvalue weighted by Crippen LogP contribution is 2.14. The van der Waals surface area contributed by atoms with Crippen LogP contribution >= 0.6 is 11.6 Å². The van der Waals surface area contributed by atoms with Crippen LogP contribution in [0.5, 0.6) is 5.75 Å². The number of hydrogen-bond donors (Lipinski definition) is 1. The van der Waals surface area contributed by atoms with Gasteiger partial charge in [-0.25, -0.2) is 0 Å². The first kappa shape index (κ1) is 16.8. The van der Waals surface area contributed by atoms with Crippen molar-refractivity contribution in [1.82, 2.24) is 9.91 Å². The number of phenolic OH excluding ortho intramolecular Hbond substituents is 1. The van der Waals surface area contributed by atoms with Crippen molar-refractivity contribution in [1.29, 1.82) is 0 Å². The number of hydrazone groups is 1. The van der Waals surface area contributed by atoms with Crippen molar-refractivity contribution < 1.29 is 5.11 Å². The maximum atomic E-state index is 9.36. The molecule has 0 amide bonds. The summed E-state index contributed by atoms with van der Waals surface area (Å²) in [6, 6.07) is 15.2. The van der Waals surface area contributed by atoms with Gasteiger partial charge < -0.3 is 5.11 Å². The van der Waals surface area contributed by atoms with E-state index in [1.807, 2.05) is 31.2 Å². The van der Waals surface area contributed by atoms with Crippen LogP contribution in [0.2, 0.25) is 5.02 Å². The maximum absolute atomic E-state index is 9.36. The third kappa shape index (κ3) is 4.49. The van der Waals surface area contributed by atoms with Gasteiger partial charge in [0.15, 0.2) is 0 Å². The predicted molar refractivity (Wildman–Crippen MR) is 98.6 cm³/mol. The van der Waals surface area contributed by atoms with Crippen molar-refractivity contribution in [3.8, 4) is 5.75 Å². The van der Waals surface area contributed by atoms with E-state index in [-0.39, 0.29) is 5.75 Å². The molecule has 1 fully saturated rings. The molecule has 0 aromatic heterocycles. The lowest BCUT2D eigenvalue weighted by molar-refractivity contribution is 0.130. The van der Waals surface area contributed by atoms with Gasteiger partial charge in [0.1, 0.15) is 5.75 Å². The van der Waals surface area contributed by atoms with Crippen LogP contribution < -0.4 is 0 Å². The highest BCUT2D eigenvalue weighted by Gasteiger charge is 2.16. The van der Waals surface area contributed by atoms with Crippen LogP contribution in [-0.4, -0.2) is 46.9 Å². The zero-order valence-corrected chi connectivity index (χ0v) is 14.6. The SMILES string of the molecule is CC(=NN1CCN(Cc2ccc(Cl)cc2)CC1)c1ccc(O)cc1. The van der Waals surface area contributed by atoms with E-state index < -0.39 is 0 Å². The number of nitrogens with zero attached hydrogens (tertiary/aromatic N) is 3. The number of hydrogen-bond acceptors (Lipinski definition) is 4. The van der Waals surface area contributed by atoms with E-state index in [0.717, 1.165) is 49.0 Å². The van der Waals surface area contributed by atoms with E-state index in [1.165, 1.54) is 5.56 Å². The van der Waals surface area contributed by atoms with Gasteiger partial charge in [-0.05, 0) is 54.4 Å². The van der Waals surface area contributed by atoms with E-state index in [4.69, 9.17) is 16.7 Å². The molecule has 2 aromatic rings. The number of benzene rings is 2. The summed E-state index contributed by atoms with van der Waals surface area (Å²) < 4.78 is 0. The molecule has 0 bridgehead atoms. The lowest BCUT2D eigenvalue weighted by atomic mass is 10.1. The zero-order valence-electron chi connectivity index (χ0n) is 13.8. The van der Waals surface area contributed by atoms with Crippen molar-refractivity contribution in [2.75, 3.05) is 26.2 Å². The van der Waals surface area contributed by atoms with Crippen LogP contribution in [-0.2, 0) is 6.54 Å². The molecule has 1 saturated heterocycles. The molecule has 0 saturated carbocycles. The topological polar surface area (TPSA) is 39.1 Å². The fourth-order valence-electron chi connectivity index (χ4n) is 2.82. The molecule has 1 aliphatic heterocycles.